The van der Waals surface area contributed by atoms with Crippen LogP contribution >= 0.6 is 45.2 Å². The van der Waals surface area contributed by atoms with Gasteiger partial charge in [0.15, 0.2) is 0 Å². The summed E-state index contributed by atoms with van der Waals surface area (Å²) >= 11 is 4.46. The first-order valence-corrected chi connectivity index (χ1v) is 8.34. The minimum Gasteiger partial charge on any atom is -0.462 e. The monoisotopic (exact) mass is 446 g/mol. The van der Waals surface area contributed by atoms with E-state index in [4.69, 9.17) is 4.74 Å². The van der Waals surface area contributed by atoms with Crippen LogP contribution in [0.3, 0.4) is 0 Å². The molecule has 0 N–H and O–H groups in total. The lowest BCUT2D eigenvalue weighted by atomic mass is 10.2. The van der Waals surface area contributed by atoms with Gasteiger partial charge >= 0.3 is 5.97 Å². The van der Waals surface area contributed by atoms with Gasteiger partial charge in [-0.25, -0.2) is 4.79 Å². The van der Waals surface area contributed by atoms with Crippen LogP contribution in [-0.2, 0) is 4.74 Å². The highest BCUT2D eigenvalue weighted by Gasteiger charge is 2.08. The maximum Gasteiger partial charge on any atom is 0.338 e. The molecular weight excluding hydrogens is 434 g/mol. The molecule has 82 valence electrons. The van der Waals surface area contributed by atoms with E-state index in [9.17, 15) is 4.79 Å². The van der Waals surface area contributed by atoms with Crippen LogP contribution in [0, 0.1) is 7.14 Å². The van der Waals surface area contributed by atoms with Crippen LogP contribution < -0.4 is 0 Å². The number of esters is 1. The van der Waals surface area contributed by atoms with Crippen molar-refractivity contribution in [3.05, 3.63) is 30.9 Å². The normalized spacial score (nSPS) is 10.3. The summed E-state index contributed by atoms with van der Waals surface area (Å²) in [5.41, 5.74) is 0.646. The summed E-state index contributed by atoms with van der Waals surface area (Å²) < 4.78 is 7.39. The molecule has 0 heterocycles. The summed E-state index contributed by atoms with van der Waals surface area (Å²) in [6.07, 6.45) is 0.986. The van der Waals surface area contributed by atoms with Crippen molar-refractivity contribution in [2.45, 2.75) is 12.5 Å². The molecule has 0 unspecified atom stereocenters. The minimum atomic E-state index is -0.209. The van der Waals surface area contributed by atoms with Crippen LogP contribution in [-0.4, -0.2) is 22.8 Å². The number of rotatable bonds is 4. The number of carbonyl (C=O) groups excluding carboxylic acids is 1. The van der Waals surface area contributed by atoms with E-state index in [1.54, 1.807) is 0 Å². The molecule has 0 aliphatic heterocycles. The Kier molecular flexibility index (Phi) is 6.13. The topological polar surface area (TPSA) is 26.3 Å². The molecule has 5 heteroatoms. The summed E-state index contributed by atoms with van der Waals surface area (Å²) in [5, 5.41) is 0. The highest BCUT2D eigenvalue weighted by atomic mass is 127. The van der Waals surface area contributed by atoms with Gasteiger partial charge in [-0.15, -0.1) is 0 Å². The predicted molar refractivity (Wildman–Crippen MR) is 81.5 cm³/mol. The molecule has 0 spiro atoms. The summed E-state index contributed by atoms with van der Waals surface area (Å²) in [7, 11) is 1.17. The molecule has 0 atom stereocenters. The molecule has 0 aliphatic rings. The molecule has 0 saturated heterocycles. The number of hydrogen-bond acceptors (Lipinski definition) is 2. The second-order valence-electron chi connectivity index (χ2n) is 3.12. The Labute approximate surface area is 120 Å². The molecule has 2 nitrogen and oxygen atoms in total. The van der Waals surface area contributed by atoms with Crippen molar-refractivity contribution in [1.29, 1.82) is 0 Å². The third kappa shape index (κ3) is 4.39. The van der Waals surface area contributed by atoms with Gasteiger partial charge in [-0.1, -0.05) is 6.04 Å². The van der Waals surface area contributed by atoms with Crippen molar-refractivity contribution < 1.29 is 9.53 Å². The fourth-order valence-electron chi connectivity index (χ4n) is 1.02. The van der Waals surface area contributed by atoms with Crippen molar-refractivity contribution in [2.24, 2.45) is 0 Å². The summed E-state index contributed by atoms with van der Waals surface area (Å²) in [6, 6.07) is 6.79. The van der Waals surface area contributed by atoms with Crippen molar-refractivity contribution in [1.82, 2.24) is 0 Å². The largest absolute Gasteiger partial charge is 0.462 e. The van der Waals surface area contributed by atoms with Crippen LogP contribution in [0.4, 0.5) is 0 Å². The van der Waals surface area contributed by atoms with Crippen molar-refractivity contribution in [3.63, 3.8) is 0 Å². The van der Waals surface area contributed by atoms with Crippen molar-refractivity contribution in [3.8, 4) is 0 Å². The fourth-order valence-corrected chi connectivity index (χ4v) is 2.16. The molecular formula is C10H12I2O2Si. The molecule has 0 aromatic heterocycles. The molecule has 15 heavy (non-hydrogen) atoms. The van der Waals surface area contributed by atoms with E-state index in [0.717, 1.165) is 13.6 Å². The Morgan fingerprint density at radius 1 is 1.33 bits per heavy atom. The van der Waals surface area contributed by atoms with Crippen LogP contribution in [0.2, 0.25) is 6.04 Å². The first kappa shape index (κ1) is 13.4. The molecule has 0 radical (unpaired) electrons. The van der Waals surface area contributed by atoms with Crippen LogP contribution in [0.1, 0.15) is 16.8 Å². The number of hydrogen-bond donors (Lipinski definition) is 0. The van der Waals surface area contributed by atoms with E-state index >= 15 is 0 Å². The maximum absolute atomic E-state index is 11.6. The smallest absolute Gasteiger partial charge is 0.338 e. The molecule has 0 saturated carbocycles. The third-order valence-electron chi connectivity index (χ3n) is 1.89. The lowest BCUT2D eigenvalue weighted by Crippen LogP contribution is -2.06. The van der Waals surface area contributed by atoms with Gasteiger partial charge in [0.25, 0.3) is 0 Å². The average molecular weight is 446 g/mol. The Morgan fingerprint density at radius 2 is 2.07 bits per heavy atom. The lowest BCUT2D eigenvalue weighted by Gasteiger charge is -2.04. The third-order valence-corrected chi connectivity index (χ3v) is 5.46. The number of halogens is 2. The highest BCUT2D eigenvalue weighted by molar-refractivity contribution is 14.1. The van der Waals surface area contributed by atoms with Gasteiger partial charge in [0.05, 0.1) is 12.2 Å². The van der Waals surface area contributed by atoms with Crippen LogP contribution in [0.5, 0.6) is 0 Å². The molecule has 0 aliphatic carbocycles. The summed E-state index contributed by atoms with van der Waals surface area (Å²) in [5.74, 6) is -0.209. The molecule has 1 aromatic carbocycles. The van der Waals surface area contributed by atoms with Crippen LogP contribution in [0.15, 0.2) is 18.2 Å². The average Bonchev–Trinajstić information content (AvgIpc) is 2.22. The summed E-state index contributed by atoms with van der Waals surface area (Å²) in [4.78, 5) is 11.6. The van der Waals surface area contributed by atoms with Gasteiger partial charge in [-0.2, -0.15) is 0 Å². The second-order valence-corrected chi connectivity index (χ2v) is 6.44. The van der Waals surface area contributed by atoms with E-state index in [1.165, 1.54) is 16.3 Å². The van der Waals surface area contributed by atoms with Crippen molar-refractivity contribution in [2.75, 3.05) is 6.61 Å². The predicted octanol–water partition coefficient (Wildman–Crippen LogP) is 2.23. The number of ether oxygens (including phenoxy) is 1. The summed E-state index contributed by atoms with van der Waals surface area (Å²) in [6.45, 7) is 0.547. The Hall–Kier alpha value is 0.367. The van der Waals surface area contributed by atoms with Gasteiger partial charge in [-0.3, -0.25) is 0 Å². The molecule has 1 aromatic rings. The zero-order valence-electron chi connectivity index (χ0n) is 8.43. The van der Waals surface area contributed by atoms with Gasteiger partial charge in [-0.05, 0) is 69.8 Å². The Bertz CT molecular complexity index is 355. The fraction of sp³-hybridized carbons (Fsp3) is 0.300. The van der Waals surface area contributed by atoms with Crippen LogP contribution in [0.25, 0.3) is 0 Å². The molecule has 0 amide bonds. The molecule has 0 fully saturated rings. The van der Waals surface area contributed by atoms with E-state index in [0.29, 0.717) is 12.2 Å². The quantitative estimate of drug-likeness (QED) is 0.307. The molecule has 1 rings (SSSR count). The van der Waals surface area contributed by atoms with E-state index in [1.807, 2.05) is 18.2 Å². The Morgan fingerprint density at radius 3 is 2.67 bits per heavy atom. The SMILES string of the molecule is O=C(OCCC[SiH3])c1ccc(I)c(I)c1. The van der Waals surface area contributed by atoms with Gasteiger partial charge in [0.1, 0.15) is 0 Å². The van der Waals surface area contributed by atoms with Gasteiger partial charge in [0.2, 0.25) is 0 Å². The first-order valence-electron chi connectivity index (χ1n) is 4.77. The number of benzene rings is 1. The minimum absolute atomic E-state index is 0.209. The first-order chi connectivity index (χ1) is 7.15. The van der Waals surface area contributed by atoms with E-state index in [2.05, 4.69) is 45.2 Å². The van der Waals surface area contributed by atoms with E-state index < -0.39 is 0 Å². The standard InChI is InChI=1S/C10H12I2O2Si/c11-8-3-2-7(6-9(8)12)10(13)14-4-1-5-15/h2-3,6H,1,4-5H2,15H3. The van der Waals surface area contributed by atoms with Gasteiger partial charge in [0, 0.05) is 17.4 Å². The Balaban J connectivity index is 2.62. The maximum atomic E-state index is 11.6. The lowest BCUT2D eigenvalue weighted by molar-refractivity contribution is 0.0505. The van der Waals surface area contributed by atoms with E-state index in [-0.39, 0.29) is 5.97 Å². The van der Waals surface area contributed by atoms with Gasteiger partial charge < -0.3 is 4.74 Å². The zero-order valence-corrected chi connectivity index (χ0v) is 14.7. The van der Waals surface area contributed by atoms with Crippen molar-refractivity contribution >= 4 is 61.4 Å². The highest BCUT2D eigenvalue weighted by Crippen LogP contribution is 2.17. The molecule has 0 bridgehead atoms. The zero-order chi connectivity index (χ0) is 11.3. The number of carbonyl (C=O) groups is 1. The second kappa shape index (κ2) is 6.84.